The van der Waals surface area contributed by atoms with Crippen LogP contribution in [0.4, 0.5) is 0 Å². The van der Waals surface area contributed by atoms with E-state index in [2.05, 4.69) is 18.5 Å². The fourth-order valence-corrected chi connectivity index (χ4v) is 2.41. The molecule has 0 fully saturated rings. The lowest BCUT2D eigenvalue weighted by Crippen LogP contribution is -2.39. The van der Waals surface area contributed by atoms with E-state index in [1.165, 1.54) is 0 Å². The molecular weight excluding hydrogens is 208 g/mol. The molecule has 3 N–H and O–H groups in total. The fraction of sp³-hybridized carbons (Fsp3) is 0.727. The van der Waals surface area contributed by atoms with Gasteiger partial charge in [0, 0.05) is 17.8 Å². The lowest BCUT2D eigenvalue weighted by atomic mass is 10.1. The van der Waals surface area contributed by atoms with Crippen molar-refractivity contribution >= 4 is 17.7 Å². The molecule has 4 heteroatoms. The molecule has 0 aromatic rings. The molecule has 0 aliphatic heterocycles. The summed E-state index contributed by atoms with van der Waals surface area (Å²) in [7, 11) is 0. The number of nitrogens with one attached hydrogen (secondary N) is 1. The van der Waals surface area contributed by atoms with Crippen LogP contribution in [0.1, 0.15) is 19.8 Å². The van der Waals surface area contributed by atoms with Gasteiger partial charge in [-0.1, -0.05) is 19.1 Å². The van der Waals surface area contributed by atoms with Gasteiger partial charge in [-0.15, -0.1) is 0 Å². The Bertz CT molecular complexity index is 243. The van der Waals surface area contributed by atoms with E-state index in [1.807, 2.05) is 12.2 Å². The third kappa shape index (κ3) is 3.87. The highest BCUT2D eigenvalue weighted by Gasteiger charge is 2.23. The van der Waals surface area contributed by atoms with Gasteiger partial charge in [0.25, 0.3) is 0 Å². The van der Waals surface area contributed by atoms with E-state index in [9.17, 15) is 4.79 Å². The molecule has 0 aromatic carbocycles. The summed E-state index contributed by atoms with van der Waals surface area (Å²) in [6, 6.07) is 0.346. The molecular formula is C11H20N2OS. The third-order valence-electron chi connectivity index (χ3n) is 2.66. The standard InChI is InChI=1S/C11H20N2OS/c1-3-10(7-15-2)13-11(14)8-4-5-9(12)6-8/h4-5,8-10H,3,6-7,12H2,1-2H3,(H,13,14). The highest BCUT2D eigenvalue weighted by Crippen LogP contribution is 2.16. The van der Waals surface area contributed by atoms with Crippen LogP contribution in [0, 0.1) is 5.92 Å². The summed E-state index contributed by atoms with van der Waals surface area (Å²) in [5.74, 6) is 1.08. The zero-order valence-corrected chi connectivity index (χ0v) is 10.2. The van der Waals surface area contributed by atoms with Gasteiger partial charge in [-0.2, -0.15) is 11.8 Å². The van der Waals surface area contributed by atoms with Gasteiger partial charge in [-0.05, 0) is 19.1 Å². The van der Waals surface area contributed by atoms with Crippen molar-refractivity contribution in [3.8, 4) is 0 Å². The van der Waals surface area contributed by atoms with Crippen molar-refractivity contribution in [2.24, 2.45) is 11.7 Å². The largest absolute Gasteiger partial charge is 0.352 e. The Morgan fingerprint density at radius 1 is 1.67 bits per heavy atom. The van der Waals surface area contributed by atoms with Gasteiger partial charge >= 0.3 is 0 Å². The molecule has 3 unspecified atom stereocenters. The molecule has 0 radical (unpaired) electrons. The molecule has 0 heterocycles. The summed E-state index contributed by atoms with van der Waals surface area (Å²) < 4.78 is 0. The zero-order chi connectivity index (χ0) is 11.3. The van der Waals surface area contributed by atoms with Gasteiger partial charge in [0.1, 0.15) is 0 Å². The summed E-state index contributed by atoms with van der Waals surface area (Å²) in [6.07, 6.45) is 7.63. The number of thioether (sulfide) groups is 1. The molecule has 0 saturated carbocycles. The number of hydrogen-bond acceptors (Lipinski definition) is 3. The average molecular weight is 228 g/mol. The SMILES string of the molecule is CCC(CSC)NC(=O)C1C=CC(N)C1. The van der Waals surface area contributed by atoms with E-state index < -0.39 is 0 Å². The Morgan fingerprint density at radius 2 is 2.40 bits per heavy atom. The van der Waals surface area contributed by atoms with Crippen LogP contribution in [0.5, 0.6) is 0 Å². The van der Waals surface area contributed by atoms with E-state index in [-0.39, 0.29) is 23.9 Å². The number of hydrogen-bond donors (Lipinski definition) is 2. The molecule has 1 aliphatic rings. The molecule has 0 bridgehead atoms. The number of rotatable bonds is 5. The van der Waals surface area contributed by atoms with E-state index >= 15 is 0 Å². The molecule has 3 nitrogen and oxygen atoms in total. The van der Waals surface area contributed by atoms with Crippen molar-refractivity contribution < 1.29 is 4.79 Å². The van der Waals surface area contributed by atoms with Crippen molar-refractivity contribution in [3.05, 3.63) is 12.2 Å². The monoisotopic (exact) mass is 228 g/mol. The molecule has 1 aliphatic carbocycles. The molecule has 0 aromatic heterocycles. The number of amides is 1. The summed E-state index contributed by atoms with van der Waals surface area (Å²) in [4.78, 5) is 11.8. The predicted octanol–water partition coefficient (Wildman–Crippen LogP) is 1.15. The first-order valence-corrected chi connectivity index (χ1v) is 6.80. The maximum atomic E-state index is 11.8. The van der Waals surface area contributed by atoms with Crippen LogP contribution in [-0.4, -0.2) is 30.0 Å². The minimum Gasteiger partial charge on any atom is -0.352 e. The molecule has 15 heavy (non-hydrogen) atoms. The Labute approximate surface area is 95.9 Å². The van der Waals surface area contributed by atoms with Crippen molar-refractivity contribution in [3.63, 3.8) is 0 Å². The average Bonchev–Trinajstić information content (AvgIpc) is 2.64. The van der Waals surface area contributed by atoms with Gasteiger partial charge in [0.15, 0.2) is 0 Å². The minimum absolute atomic E-state index is 0.0177. The molecule has 86 valence electrons. The van der Waals surface area contributed by atoms with Gasteiger partial charge < -0.3 is 11.1 Å². The van der Waals surface area contributed by atoms with Crippen LogP contribution in [0.2, 0.25) is 0 Å². The molecule has 3 atom stereocenters. The van der Waals surface area contributed by atoms with Gasteiger partial charge in [-0.25, -0.2) is 0 Å². The first-order valence-electron chi connectivity index (χ1n) is 5.40. The van der Waals surface area contributed by atoms with Crippen molar-refractivity contribution in [1.29, 1.82) is 0 Å². The summed E-state index contributed by atoms with van der Waals surface area (Å²) in [6.45, 7) is 2.09. The first-order chi connectivity index (χ1) is 7.17. The first kappa shape index (κ1) is 12.6. The maximum Gasteiger partial charge on any atom is 0.227 e. The van der Waals surface area contributed by atoms with E-state index in [0.717, 1.165) is 18.6 Å². The summed E-state index contributed by atoms with van der Waals surface area (Å²) in [5.41, 5.74) is 5.71. The fourth-order valence-electron chi connectivity index (χ4n) is 1.69. The highest BCUT2D eigenvalue weighted by molar-refractivity contribution is 7.98. The quantitative estimate of drug-likeness (QED) is 0.694. The van der Waals surface area contributed by atoms with E-state index in [0.29, 0.717) is 0 Å². The van der Waals surface area contributed by atoms with Crippen LogP contribution in [0.3, 0.4) is 0 Å². The van der Waals surface area contributed by atoms with Crippen molar-refractivity contribution in [2.75, 3.05) is 12.0 Å². The number of nitrogens with two attached hydrogens (primary N) is 1. The van der Waals surface area contributed by atoms with E-state index in [1.54, 1.807) is 11.8 Å². The molecule has 1 rings (SSSR count). The summed E-state index contributed by atoms with van der Waals surface area (Å²) in [5, 5.41) is 3.06. The summed E-state index contributed by atoms with van der Waals surface area (Å²) >= 11 is 1.76. The lowest BCUT2D eigenvalue weighted by molar-refractivity contribution is -0.124. The van der Waals surface area contributed by atoms with Crippen LogP contribution in [0.15, 0.2) is 12.2 Å². The van der Waals surface area contributed by atoms with Gasteiger partial charge in [0.2, 0.25) is 5.91 Å². The van der Waals surface area contributed by atoms with Gasteiger partial charge in [-0.3, -0.25) is 4.79 Å². The Kier molecular flexibility index (Phi) is 5.19. The van der Waals surface area contributed by atoms with Gasteiger partial charge in [0.05, 0.1) is 5.92 Å². The third-order valence-corrected chi connectivity index (χ3v) is 3.40. The van der Waals surface area contributed by atoms with Crippen LogP contribution < -0.4 is 11.1 Å². The normalized spacial score (nSPS) is 26.6. The molecule has 1 amide bonds. The second-order valence-corrected chi connectivity index (χ2v) is 4.87. The van der Waals surface area contributed by atoms with Crippen molar-refractivity contribution in [2.45, 2.75) is 31.8 Å². The lowest BCUT2D eigenvalue weighted by Gasteiger charge is -2.18. The topological polar surface area (TPSA) is 55.1 Å². The second kappa shape index (κ2) is 6.18. The van der Waals surface area contributed by atoms with Crippen LogP contribution >= 0.6 is 11.8 Å². The zero-order valence-electron chi connectivity index (χ0n) is 9.40. The highest BCUT2D eigenvalue weighted by atomic mass is 32.2. The Morgan fingerprint density at radius 3 is 2.87 bits per heavy atom. The maximum absolute atomic E-state index is 11.8. The molecule has 0 saturated heterocycles. The second-order valence-electron chi connectivity index (χ2n) is 3.96. The number of carbonyl (C=O) groups excluding carboxylic acids is 1. The van der Waals surface area contributed by atoms with Crippen LogP contribution in [-0.2, 0) is 4.79 Å². The van der Waals surface area contributed by atoms with Crippen LogP contribution in [0.25, 0.3) is 0 Å². The number of carbonyl (C=O) groups is 1. The molecule has 0 spiro atoms. The minimum atomic E-state index is -0.0177. The smallest absolute Gasteiger partial charge is 0.227 e. The Balaban J connectivity index is 2.37. The van der Waals surface area contributed by atoms with Crippen molar-refractivity contribution in [1.82, 2.24) is 5.32 Å². The predicted molar refractivity (Wildman–Crippen MR) is 65.8 cm³/mol. The Hall–Kier alpha value is -0.480. The van der Waals surface area contributed by atoms with E-state index in [4.69, 9.17) is 5.73 Å².